The molecule has 1 saturated heterocycles. The Morgan fingerprint density at radius 3 is 2.95 bits per heavy atom. The van der Waals surface area contributed by atoms with E-state index in [1.165, 1.54) is 0 Å². The maximum atomic E-state index is 12.6. The van der Waals surface area contributed by atoms with Crippen molar-refractivity contribution in [2.24, 2.45) is 5.92 Å². The zero-order valence-electron chi connectivity index (χ0n) is 11.1. The van der Waals surface area contributed by atoms with Gasteiger partial charge in [-0.1, -0.05) is 30.8 Å². The van der Waals surface area contributed by atoms with Crippen LogP contribution >= 0.6 is 11.8 Å². The van der Waals surface area contributed by atoms with Gasteiger partial charge in [0.1, 0.15) is 0 Å². The van der Waals surface area contributed by atoms with Crippen molar-refractivity contribution >= 4 is 17.4 Å². The Labute approximate surface area is 117 Å². The monoisotopic (exact) mass is 286 g/mol. The number of hydrogen-bond acceptors (Lipinski definition) is 3. The molecule has 0 aliphatic carbocycles. The molecule has 1 N–H and O–H groups in total. The first-order valence-corrected chi connectivity index (χ1v) is 7.58. The lowest BCUT2D eigenvalue weighted by molar-refractivity contribution is 0.252. The molecule has 1 aliphatic rings. The van der Waals surface area contributed by atoms with E-state index in [4.69, 9.17) is 0 Å². The zero-order valence-corrected chi connectivity index (χ0v) is 11.9. The lowest BCUT2D eigenvalue weighted by atomic mass is 10.1. The van der Waals surface area contributed by atoms with Crippen molar-refractivity contribution in [1.29, 1.82) is 0 Å². The van der Waals surface area contributed by atoms with Crippen molar-refractivity contribution in [3.05, 3.63) is 24.3 Å². The van der Waals surface area contributed by atoms with Gasteiger partial charge >= 0.3 is 0 Å². The summed E-state index contributed by atoms with van der Waals surface area (Å²) in [7, 11) is 0. The van der Waals surface area contributed by atoms with E-state index >= 15 is 0 Å². The number of thioether (sulfide) groups is 1. The summed E-state index contributed by atoms with van der Waals surface area (Å²) < 4.78 is 25.1. The van der Waals surface area contributed by atoms with Crippen LogP contribution in [0.25, 0.3) is 0 Å². The highest BCUT2D eigenvalue weighted by atomic mass is 32.2. The van der Waals surface area contributed by atoms with Gasteiger partial charge in [-0.15, -0.1) is 0 Å². The van der Waals surface area contributed by atoms with Crippen LogP contribution in [0.2, 0.25) is 0 Å². The predicted octanol–water partition coefficient (Wildman–Crippen LogP) is 3.44. The minimum atomic E-state index is -2.36. The summed E-state index contributed by atoms with van der Waals surface area (Å²) in [4.78, 5) is 2.91. The molecule has 1 aromatic carbocycles. The molecule has 1 atom stereocenters. The SMILES string of the molecule is CCNCC1CCN(c2ccccc2SC(F)F)C1. The zero-order chi connectivity index (χ0) is 13.7. The molecule has 2 rings (SSSR count). The van der Waals surface area contributed by atoms with Gasteiger partial charge in [0, 0.05) is 18.0 Å². The average Bonchev–Trinajstić information content (AvgIpc) is 2.85. The second kappa shape index (κ2) is 7.10. The maximum Gasteiger partial charge on any atom is 0.288 e. The highest BCUT2D eigenvalue weighted by Gasteiger charge is 2.24. The van der Waals surface area contributed by atoms with Gasteiger partial charge in [0.25, 0.3) is 5.76 Å². The Bertz CT molecular complexity index is 401. The van der Waals surface area contributed by atoms with Gasteiger partial charge in [-0.05, 0) is 37.6 Å². The predicted molar refractivity (Wildman–Crippen MR) is 77.2 cm³/mol. The second-order valence-corrected chi connectivity index (χ2v) is 5.79. The number of para-hydroxylation sites is 1. The summed E-state index contributed by atoms with van der Waals surface area (Å²) in [6.07, 6.45) is 1.13. The van der Waals surface area contributed by atoms with E-state index < -0.39 is 5.76 Å². The molecule has 0 saturated carbocycles. The number of benzene rings is 1. The molecule has 0 amide bonds. The van der Waals surface area contributed by atoms with E-state index in [9.17, 15) is 8.78 Å². The molecule has 0 aromatic heterocycles. The third kappa shape index (κ3) is 4.08. The number of hydrogen-bond donors (Lipinski definition) is 1. The van der Waals surface area contributed by atoms with Crippen LogP contribution in [0.1, 0.15) is 13.3 Å². The molecule has 0 radical (unpaired) electrons. The summed E-state index contributed by atoms with van der Waals surface area (Å²) >= 11 is 0.640. The van der Waals surface area contributed by atoms with Crippen molar-refractivity contribution in [3.8, 4) is 0 Å². The first-order valence-electron chi connectivity index (χ1n) is 6.70. The van der Waals surface area contributed by atoms with E-state index in [-0.39, 0.29) is 0 Å². The van der Waals surface area contributed by atoms with Crippen LogP contribution in [0.4, 0.5) is 14.5 Å². The number of nitrogens with zero attached hydrogens (tertiary/aromatic N) is 1. The van der Waals surface area contributed by atoms with Crippen LogP contribution in [0.15, 0.2) is 29.2 Å². The van der Waals surface area contributed by atoms with E-state index in [1.54, 1.807) is 6.07 Å². The Kier molecular flexibility index (Phi) is 5.45. The van der Waals surface area contributed by atoms with Crippen molar-refractivity contribution in [3.63, 3.8) is 0 Å². The van der Waals surface area contributed by atoms with Gasteiger partial charge in [0.2, 0.25) is 0 Å². The van der Waals surface area contributed by atoms with Crippen molar-refractivity contribution in [1.82, 2.24) is 5.32 Å². The summed E-state index contributed by atoms with van der Waals surface area (Å²) in [5, 5.41) is 3.36. The van der Waals surface area contributed by atoms with Gasteiger partial charge in [-0.25, -0.2) is 0 Å². The minimum absolute atomic E-state index is 0.615. The molecular formula is C14H20F2N2S. The highest BCUT2D eigenvalue weighted by molar-refractivity contribution is 7.99. The molecular weight excluding hydrogens is 266 g/mol. The quantitative estimate of drug-likeness (QED) is 0.807. The van der Waals surface area contributed by atoms with Crippen molar-refractivity contribution in [2.45, 2.75) is 24.0 Å². The lowest BCUT2D eigenvalue weighted by Gasteiger charge is -2.21. The smallest absolute Gasteiger partial charge is 0.288 e. The molecule has 1 fully saturated rings. The normalized spacial score (nSPS) is 19.4. The highest BCUT2D eigenvalue weighted by Crippen LogP contribution is 2.36. The Hall–Kier alpha value is -0.810. The maximum absolute atomic E-state index is 12.6. The first kappa shape index (κ1) is 14.6. The van der Waals surface area contributed by atoms with E-state index in [2.05, 4.69) is 17.1 Å². The largest absolute Gasteiger partial charge is 0.370 e. The van der Waals surface area contributed by atoms with E-state index in [1.807, 2.05) is 18.2 Å². The molecule has 5 heteroatoms. The van der Waals surface area contributed by atoms with Crippen LogP contribution in [0, 0.1) is 5.92 Å². The number of anilines is 1. The number of alkyl halides is 2. The number of halogens is 2. The van der Waals surface area contributed by atoms with Gasteiger partial charge in [-0.3, -0.25) is 0 Å². The summed E-state index contributed by atoms with van der Waals surface area (Å²) in [6, 6.07) is 7.47. The molecule has 1 aromatic rings. The van der Waals surface area contributed by atoms with Gasteiger partial charge in [0.05, 0.1) is 5.69 Å². The molecule has 19 heavy (non-hydrogen) atoms. The van der Waals surface area contributed by atoms with Crippen LogP contribution in [0.3, 0.4) is 0 Å². The third-order valence-corrected chi connectivity index (χ3v) is 4.17. The molecule has 1 aliphatic heterocycles. The summed E-state index contributed by atoms with van der Waals surface area (Å²) in [5.41, 5.74) is 0.951. The Morgan fingerprint density at radius 2 is 2.21 bits per heavy atom. The van der Waals surface area contributed by atoms with Gasteiger partial charge in [0.15, 0.2) is 0 Å². The van der Waals surface area contributed by atoms with Crippen molar-refractivity contribution < 1.29 is 8.78 Å². The van der Waals surface area contributed by atoms with Crippen LogP contribution in [0.5, 0.6) is 0 Å². The Morgan fingerprint density at radius 1 is 1.42 bits per heavy atom. The van der Waals surface area contributed by atoms with Crippen molar-refractivity contribution in [2.75, 3.05) is 31.1 Å². The van der Waals surface area contributed by atoms with Gasteiger partial charge < -0.3 is 10.2 Å². The standard InChI is InChI=1S/C14H20F2N2S/c1-2-17-9-11-7-8-18(10-11)12-5-3-4-6-13(12)19-14(15)16/h3-6,11,14,17H,2,7-10H2,1H3. The molecule has 1 unspecified atom stereocenters. The fourth-order valence-electron chi connectivity index (χ4n) is 2.48. The minimum Gasteiger partial charge on any atom is -0.370 e. The molecule has 0 spiro atoms. The average molecular weight is 286 g/mol. The topological polar surface area (TPSA) is 15.3 Å². The summed E-state index contributed by atoms with van der Waals surface area (Å²) in [6.45, 7) is 6.00. The van der Waals surface area contributed by atoms with Gasteiger partial charge in [-0.2, -0.15) is 8.78 Å². The van der Waals surface area contributed by atoms with Crippen LogP contribution < -0.4 is 10.2 Å². The number of rotatable bonds is 6. The molecule has 2 nitrogen and oxygen atoms in total. The third-order valence-electron chi connectivity index (χ3n) is 3.39. The summed E-state index contributed by atoms with van der Waals surface area (Å²) in [5.74, 6) is -1.74. The lowest BCUT2D eigenvalue weighted by Crippen LogP contribution is -2.26. The van der Waals surface area contributed by atoms with Crippen LogP contribution in [-0.4, -0.2) is 31.9 Å². The second-order valence-electron chi connectivity index (χ2n) is 4.75. The molecule has 106 valence electrons. The van der Waals surface area contributed by atoms with E-state index in [0.717, 1.165) is 38.3 Å². The first-order chi connectivity index (χ1) is 9.20. The van der Waals surface area contributed by atoms with Crippen LogP contribution in [-0.2, 0) is 0 Å². The number of nitrogens with one attached hydrogen (secondary N) is 1. The Balaban J connectivity index is 2.02. The molecule has 0 bridgehead atoms. The van der Waals surface area contributed by atoms with E-state index in [0.29, 0.717) is 22.6 Å². The molecule has 1 heterocycles. The fourth-order valence-corrected chi connectivity index (χ4v) is 3.15. The fraction of sp³-hybridized carbons (Fsp3) is 0.571.